The molecule has 0 aliphatic rings. The third-order valence-electron chi connectivity index (χ3n) is 1.89. The summed E-state index contributed by atoms with van der Waals surface area (Å²) < 4.78 is 4.85. The molecule has 14 heavy (non-hydrogen) atoms. The Hall–Kier alpha value is -0.220. The van der Waals surface area contributed by atoms with Gasteiger partial charge in [-0.15, -0.1) is 0 Å². The average Bonchev–Trinajstić information content (AvgIpc) is 2.16. The van der Waals surface area contributed by atoms with E-state index >= 15 is 0 Å². The maximum Gasteiger partial charge on any atom is 0.307 e. The SMILES string of the molecule is CCOC(=O)CCN(C)CCCSC. The van der Waals surface area contributed by atoms with Gasteiger partial charge in [0.15, 0.2) is 0 Å². The molecule has 0 saturated heterocycles. The van der Waals surface area contributed by atoms with Gasteiger partial charge in [-0.25, -0.2) is 0 Å². The van der Waals surface area contributed by atoms with Crippen LogP contribution >= 0.6 is 11.8 Å². The molecule has 3 nitrogen and oxygen atoms in total. The van der Waals surface area contributed by atoms with Gasteiger partial charge >= 0.3 is 5.97 Å². The Morgan fingerprint density at radius 3 is 2.71 bits per heavy atom. The van der Waals surface area contributed by atoms with E-state index in [-0.39, 0.29) is 5.97 Å². The Labute approximate surface area is 91.2 Å². The highest BCUT2D eigenvalue weighted by molar-refractivity contribution is 7.98. The molecular formula is C10H21NO2S. The molecule has 0 N–H and O–H groups in total. The van der Waals surface area contributed by atoms with Crippen molar-refractivity contribution in [3.8, 4) is 0 Å². The molecule has 0 unspecified atom stereocenters. The molecule has 0 spiro atoms. The minimum atomic E-state index is -0.0933. The maximum atomic E-state index is 11.0. The van der Waals surface area contributed by atoms with Gasteiger partial charge in [-0.1, -0.05) is 0 Å². The summed E-state index contributed by atoms with van der Waals surface area (Å²) in [6.07, 6.45) is 3.79. The highest BCUT2D eigenvalue weighted by atomic mass is 32.2. The lowest BCUT2D eigenvalue weighted by atomic mass is 10.3. The molecule has 0 heterocycles. The van der Waals surface area contributed by atoms with E-state index in [4.69, 9.17) is 4.74 Å². The van der Waals surface area contributed by atoms with Crippen molar-refractivity contribution in [1.29, 1.82) is 0 Å². The van der Waals surface area contributed by atoms with Gasteiger partial charge in [0.2, 0.25) is 0 Å². The standard InChI is InChI=1S/C10H21NO2S/c1-4-13-10(12)6-8-11(2)7-5-9-14-3/h4-9H2,1-3H3. The van der Waals surface area contributed by atoms with E-state index < -0.39 is 0 Å². The fourth-order valence-electron chi connectivity index (χ4n) is 1.11. The molecule has 0 aromatic carbocycles. The van der Waals surface area contributed by atoms with Crippen LogP contribution in [0.2, 0.25) is 0 Å². The van der Waals surface area contributed by atoms with Gasteiger partial charge in [-0.3, -0.25) is 4.79 Å². The van der Waals surface area contributed by atoms with Crippen LogP contribution < -0.4 is 0 Å². The number of carbonyl (C=O) groups is 1. The van der Waals surface area contributed by atoms with Crippen molar-refractivity contribution in [3.63, 3.8) is 0 Å². The number of hydrogen-bond acceptors (Lipinski definition) is 4. The third-order valence-corrected chi connectivity index (χ3v) is 2.59. The molecule has 0 aromatic rings. The first-order valence-corrected chi connectivity index (χ1v) is 6.43. The third kappa shape index (κ3) is 8.38. The van der Waals surface area contributed by atoms with E-state index in [1.165, 1.54) is 12.2 Å². The zero-order valence-electron chi connectivity index (χ0n) is 9.41. The van der Waals surface area contributed by atoms with Crippen molar-refractivity contribution in [2.45, 2.75) is 19.8 Å². The number of rotatable bonds is 8. The number of carbonyl (C=O) groups excluding carboxylic acids is 1. The summed E-state index contributed by atoms with van der Waals surface area (Å²) in [6.45, 7) is 4.17. The van der Waals surface area contributed by atoms with Crippen LogP contribution in [0.5, 0.6) is 0 Å². The summed E-state index contributed by atoms with van der Waals surface area (Å²) in [6, 6.07) is 0. The van der Waals surface area contributed by atoms with Crippen molar-refractivity contribution >= 4 is 17.7 Å². The molecule has 0 radical (unpaired) electrons. The average molecular weight is 219 g/mol. The zero-order chi connectivity index (χ0) is 10.8. The quantitative estimate of drug-likeness (QED) is 0.458. The first kappa shape index (κ1) is 13.8. The first-order valence-electron chi connectivity index (χ1n) is 5.03. The Morgan fingerprint density at radius 1 is 1.43 bits per heavy atom. The summed E-state index contributed by atoms with van der Waals surface area (Å²) in [5.74, 6) is 1.09. The van der Waals surface area contributed by atoms with Crippen LogP contribution in [-0.4, -0.2) is 49.6 Å². The lowest BCUT2D eigenvalue weighted by molar-refractivity contribution is -0.143. The minimum absolute atomic E-state index is 0.0933. The Balaban J connectivity index is 3.33. The van der Waals surface area contributed by atoms with Crippen molar-refractivity contribution < 1.29 is 9.53 Å². The molecule has 0 rings (SSSR count). The monoisotopic (exact) mass is 219 g/mol. The van der Waals surface area contributed by atoms with E-state index in [0.29, 0.717) is 13.0 Å². The van der Waals surface area contributed by atoms with Crippen LogP contribution in [0, 0.1) is 0 Å². The molecule has 4 heteroatoms. The van der Waals surface area contributed by atoms with Crippen LogP contribution in [0.4, 0.5) is 0 Å². The molecule has 84 valence electrons. The molecule has 0 aromatic heterocycles. The first-order chi connectivity index (χ1) is 6.70. The number of thioether (sulfide) groups is 1. The van der Waals surface area contributed by atoms with Crippen molar-refractivity contribution in [1.82, 2.24) is 4.90 Å². The summed E-state index contributed by atoms with van der Waals surface area (Å²) in [4.78, 5) is 13.2. The highest BCUT2D eigenvalue weighted by Gasteiger charge is 2.04. The van der Waals surface area contributed by atoms with Gasteiger partial charge in [0.1, 0.15) is 0 Å². The number of esters is 1. The van der Waals surface area contributed by atoms with Crippen LogP contribution in [0.3, 0.4) is 0 Å². The highest BCUT2D eigenvalue weighted by Crippen LogP contribution is 1.98. The molecule has 0 aliphatic heterocycles. The second kappa shape index (κ2) is 9.34. The van der Waals surface area contributed by atoms with Gasteiger partial charge in [0, 0.05) is 6.54 Å². The normalized spacial score (nSPS) is 10.6. The number of ether oxygens (including phenoxy) is 1. The topological polar surface area (TPSA) is 29.5 Å². The molecule has 0 amide bonds. The predicted molar refractivity (Wildman–Crippen MR) is 61.7 cm³/mol. The summed E-state index contributed by atoms with van der Waals surface area (Å²) in [5.41, 5.74) is 0. The van der Waals surface area contributed by atoms with Gasteiger partial charge in [0.25, 0.3) is 0 Å². The molecule has 0 fully saturated rings. The number of nitrogens with zero attached hydrogens (tertiary/aromatic N) is 1. The Bertz CT molecular complexity index is 153. The van der Waals surface area contributed by atoms with Crippen LogP contribution in [0.1, 0.15) is 19.8 Å². The lowest BCUT2D eigenvalue weighted by Gasteiger charge is -2.15. The second-order valence-corrected chi connectivity index (χ2v) is 4.19. The largest absolute Gasteiger partial charge is 0.466 e. The predicted octanol–water partition coefficient (Wildman–Crippen LogP) is 1.62. The van der Waals surface area contributed by atoms with Crippen molar-refractivity contribution in [3.05, 3.63) is 0 Å². The van der Waals surface area contributed by atoms with E-state index in [1.807, 2.05) is 25.7 Å². The van der Waals surface area contributed by atoms with Crippen LogP contribution in [-0.2, 0) is 9.53 Å². The molecule has 0 aliphatic carbocycles. The van der Waals surface area contributed by atoms with Gasteiger partial charge in [-0.2, -0.15) is 11.8 Å². The minimum Gasteiger partial charge on any atom is -0.466 e. The fraction of sp³-hybridized carbons (Fsp3) is 0.900. The van der Waals surface area contributed by atoms with E-state index in [0.717, 1.165) is 13.1 Å². The fourth-order valence-corrected chi connectivity index (χ4v) is 1.52. The summed E-state index contributed by atoms with van der Waals surface area (Å²) in [5, 5.41) is 0. The van der Waals surface area contributed by atoms with Crippen molar-refractivity contribution in [2.75, 3.05) is 38.8 Å². The van der Waals surface area contributed by atoms with Gasteiger partial charge < -0.3 is 9.64 Å². The Kier molecular flexibility index (Phi) is 9.19. The van der Waals surface area contributed by atoms with Crippen molar-refractivity contribution in [2.24, 2.45) is 0 Å². The maximum absolute atomic E-state index is 11.0. The van der Waals surface area contributed by atoms with E-state index in [1.54, 1.807) is 0 Å². The molecular weight excluding hydrogens is 198 g/mol. The van der Waals surface area contributed by atoms with Gasteiger partial charge in [-0.05, 0) is 38.9 Å². The van der Waals surface area contributed by atoms with Crippen LogP contribution in [0.25, 0.3) is 0 Å². The summed E-state index contributed by atoms with van der Waals surface area (Å²) in [7, 11) is 2.04. The molecule has 0 atom stereocenters. The Morgan fingerprint density at radius 2 is 2.14 bits per heavy atom. The van der Waals surface area contributed by atoms with Crippen LogP contribution in [0.15, 0.2) is 0 Å². The molecule has 0 bridgehead atoms. The van der Waals surface area contributed by atoms with Gasteiger partial charge in [0.05, 0.1) is 13.0 Å². The van der Waals surface area contributed by atoms with E-state index in [9.17, 15) is 4.79 Å². The zero-order valence-corrected chi connectivity index (χ0v) is 10.2. The lowest BCUT2D eigenvalue weighted by Crippen LogP contribution is -2.24. The molecule has 0 saturated carbocycles. The summed E-state index contributed by atoms with van der Waals surface area (Å²) >= 11 is 1.86. The van der Waals surface area contributed by atoms with E-state index in [2.05, 4.69) is 11.2 Å². The smallest absolute Gasteiger partial charge is 0.307 e. The second-order valence-electron chi connectivity index (χ2n) is 3.20. The number of hydrogen-bond donors (Lipinski definition) is 0.